The number of nitrogens with two attached hydrogens (primary N) is 1. The lowest BCUT2D eigenvalue weighted by molar-refractivity contribution is 0.0642. The number of benzene rings is 2. The number of methoxy groups -OCH3 is 1. The zero-order chi connectivity index (χ0) is 20.5. The summed E-state index contributed by atoms with van der Waals surface area (Å²) in [5, 5.41) is 2.77. The van der Waals surface area contributed by atoms with Crippen molar-refractivity contribution in [3.8, 4) is 5.75 Å². The van der Waals surface area contributed by atoms with Crippen LogP contribution in [-0.2, 0) is 6.54 Å². The Morgan fingerprint density at radius 3 is 2.25 bits per heavy atom. The number of carbonyl (C=O) groups excluding carboxylic acids is 3. The van der Waals surface area contributed by atoms with Gasteiger partial charge < -0.3 is 15.8 Å². The molecule has 0 saturated carbocycles. The highest BCUT2D eigenvalue weighted by molar-refractivity contribution is 6.21. The molecule has 3 N–H and O–H groups in total. The van der Waals surface area contributed by atoms with Crippen LogP contribution >= 0.6 is 0 Å². The van der Waals surface area contributed by atoms with Crippen LogP contribution in [0.3, 0.4) is 0 Å². The van der Waals surface area contributed by atoms with Gasteiger partial charge >= 0.3 is 0 Å². The van der Waals surface area contributed by atoms with Gasteiger partial charge in [0, 0.05) is 12.1 Å². The second kappa shape index (κ2) is 7.44. The van der Waals surface area contributed by atoms with Crippen LogP contribution in [0.25, 0.3) is 0 Å². The average molecular weight is 381 g/mol. The summed E-state index contributed by atoms with van der Waals surface area (Å²) in [6.45, 7) is 3.98. The lowest BCUT2D eigenvalue weighted by Gasteiger charge is -2.20. The van der Waals surface area contributed by atoms with Crippen LogP contribution < -0.4 is 15.8 Å². The Morgan fingerprint density at radius 1 is 1.11 bits per heavy atom. The molecule has 28 heavy (non-hydrogen) atoms. The largest absolute Gasteiger partial charge is 0.496 e. The predicted octanol–water partition coefficient (Wildman–Crippen LogP) is 1.96. The van der Waals surface area contributed by atoms with Crippen LogP contribution in [0.2, 0.25) is 0 Å². The molecule has 2 aromatic rings. The fourth-order valence-electron chi connectivity index (χ4n) is 3.00. The molecule has 1 aliphatic rings. The molecule has 3 amide bonds. The third-order valence-electron chi connectivity index (χ3n) is 4.43. The van der Waals surface area contributed by atoms with Crippen molar-refractivity contribution in [2.75, 3.05) is 13.7 Å². The first kappa shape index (κ1) is 19.6. The van der Waals surface area contributed by atoms with Crippen molar-refractivity contribution in [3.63, 3.8) is 0 Å². The number of nitrogens with one attached hydrogen (secondary N) is 1. The molecule has 2 aromatic carbocycles. The fourth-order valence-corrected chi connectivity index (χ4v) is 3.00. The number of nitrogens with zero attached hydrogens (tertiary/aromatic N) is 1. The van der Waals surface area contributed by atoms with Gasteiger partial charge in [-0.3, -0.25) is 19.3 Å². The Morgan fingerprint density at radius 2 is 1.71 bits per heavy atom. The fraction of sp³-hybridized carbons (Fsp3) is 0.286. The molecule has 0 radical (unpaired) electrons. The molecule has 0 saturated heterocycles. The lowest BCUT2D eigenvalue weighted by atomic mass is 10.1. The highest BCUT2D eigenvalue weighted by Gasteiger charge is 2.35. The minimum absolute atomic E-state index is 0.0685. The summed E-state index contributed by atoms with van der Waals surface area (Å²) >= 11 is 0. The molecule has 0 spiro atoms. The lowest BCUT2D eigenvalue weighted by Crippen LogP contribution is -2.45. The van der Waals surface area contributed by atoms with E-state index < -0.39 is 5.54 Å². The molecule has 1 aliphatic heterocycles. The van der Waals surface area contributed by atoms with Crippen molar-refractivity contribution in [3.05, 3.63) is 64.7 Å². The number of hydrogen-bond acceptors (Lipinski definition) is 5. The molecule has 0 atom stereocenters. The smallest absolute Gasteiger partial charge is 0.261 e. The Hall–Kier alpha value is -3.19. The van der Waals surface area contributed by atoms with Crippen LogP contribution in [0, 0.1) is 0 Å². The first-order chi connectivity index (χ1) is 13.2. The van der Waals surface area contributed by atoms with Gasteiger partial charge in [0.05, 0.1) is 30.3 Å². The molecular weight excluding hydrogens is 358 g/mol. The van der Waals surface area contributed by atoms with Crippen molar-refractivity contribution in [1.29, 1.82) is 0 Å². The number of imide groups is 1. The van der Waals surface area contributed by atoms with Gasteiger partial charge in [0.25, 0.3) is 17.7 Å². The van der Waals surface area contributed by atoms with E-state index in [-0.39, 0.29) is 30.8 Å². The molecule has 3 rings (SSSR count). The number of ether oxygens (including phenoxy) is 1. The topological polar surface area (TPSA) is 102 Å². The quantitative estimate of drug-likeness (QED) is 0.745. The molecule has 0 aromatic heterocycles. The van der Waals surface area contributed by atoms with Crippen LogP contribution in [0.1, 0.15) is 50.5 Å². The van der Waals surface area contributed by atoms with Gasteiger partial charge in [-0.15, -0.1) is 0 Å². The number of hydrogen-bond donors (Lipinski definition) is 2. The van der Waals surface area contributed by atoms with E-state index in [1.165, 1.54) is 12.0 Å². The van der Waals surface area contributed by atoms with Gasteiger partial charge in [-0.05, 0) is 43.7 Å². The van der Waals surface area contributed by atoms with Crippen molar-refractivity contribution in [1.82, 2.24) is 10.2 Å². The van der Waals surface area contributed by atoms with Crippen LogP contribution in [-0.4, -0.2) is 41.8 Å². The number of carbonyl (C=O) groups is 3. The summed E-state index contributed by atoms with van der Waals surface area (Å²) in [4.78, 5) is 38.9. The van der Waals surface area contributed by atoms with Crippen molar-refractivity contribution >= 4 is 17.7 Å². The third kappa shape index (κ3) is 3.89. The molecule has 0 unspecified atom stereocenters. The Labute approximate surface area is 163 Å². The molecule has 146 valence electrons. The van der Waals surface area contributed by atoms with Gasteiger partial charge in [0.2, 0.25) is 0 Å². The number of fused-ring (bicyclic) bond motifs is 1. The SMILES string of the molecule is COc1ccc(CN2C(=O)c3ccccc3C2=O)cc1C(=O)NCC(C)(C)N. The Balaban J connectivity index is 1.83. The van der Waals surface area contributed by atoms with E-state index in [0.29, 0.717) is 28.0 Å². The zero-order valence-electron chi connectivity index (χ0n) is 16.1. The van der Waals surface area contributed by atoms with E-state index in [1.54, 1.807) is 42.5 Å². The van der Waals surface area contributed by atoms with E-state index in [0.717, 1.165) is 0 Å². The van der Waals surface area contributed by atoms with Gasteiger partial charge in [-0.1, -0.05) is 18.2 Å². The van der Waals surface area contributed by atoms with Crippen LogP contribution in [0.5, 0.6) is 5.75 Å². The van der Waals surface area contributed by atoms with Gasteiger partial charge in [0.15, 0.2) is 0 Å². The second-order valence-electron chi connectivity index (χ2n) is 7.45. The van der Waals surface area contributed by atoms with Crippen molar-refractivity contribution in [2.24, 2.45) is 5.73 Å². The van der Waals surface area contributed by atoms with Crippen LogP contribution in [0.15, 0.2) is 42.5 Å². The molecule has 1 heterocycles. The maximum absolute atomic E-state index is 12.6. The number of amides is 3. The summed E-state index contributed by atoms with van der Waals surface area (Å²) in [6, 6.07) is 11.7. The van der Waals surface area contributed by atoms with Crippen molar-refractivity contribution < 1.29 is 19.1 Å². The van der Waals surface area contributed by atoms with E-state index in [2.05, 4.69) is 5.32 Å². The first-order valence-corrected chi connectivity index (χ1v) is 8.90. The Bertz CT molecular complexity index is 912. The predicted molar refractivity (Wildman–Crippen MR) is 104 cm³/mol. The maximum Gasteiger partial charge on any atom is 0.261 e. The number of rotatable bonds is 6. The highest BCUT2D eigenvalue weighted by atomic mass is 16.5. The summed E-state index contributed by atoms with van der Waals surface area (Å²) in [6.07, 6.45) is 0. The van der Waals surface area contributed by atoms with E-state index in [4.69, 9.17) is 10.5 Å². The monoisotopic (exact) mass is 381 g/mol. The molecule has 0 bridgehead atoms. The molecular formula is C21H23N3O4. The summed E-state index contributed by atoms with van der Waals surface area (Å²) < 4.78 is 5.28. The van der Waals surface area contributed by atoms with E-state index >= 15 is 0 Å². The van der Waals surface area contributed by atoms with Gasteiger partial charge in [-0.25, -0.2) is 0 Å². The molecule has 0 aliphatic carbocycles. The Kier molecular flexibility index (Phi) is 5.20. The summed E-state index contributed by atoms with van der Waals surface area (Å²) in [5.41, 5.74) is 7.11. The maximum atomic E-state index is 12.6. The normalized spacial score (nSPS) is 13.5. The van der Waals surface area contributed by atoms with Crippen molar-refractivity contribution in [2.45, 2.75) is 25.9 Å². The molecule has 0 fully saturated rings. The van der Waals surface area contributed by atoms with Gasteiger partial charge in [0.1, 0.15) is 5.75 Å². The first-order valence-electron chi connectivity index (χ1n) is 8.90. The second-order valence-corrected chi connectivity index (χ2v) is 7.45. The zero-order valence-corrected chi connectivity index (χ0v) is 16.1. The highest BCUT2D eigenvalue weighted by Crippen LogP contribution is 2.26. The molecule has 7 nitrogen and oxygen atoms in total. The standard InChI is InChI=1S/C21H23N3O4/c1-21(2,22)12-23-18(25)16-10-13(8-9-17(16)28-3)11-24-19(26)14-6-4-5-7-15(14)20(24)27/h4-10H,11-12,22H2,1-3H3,(H,23,25). The molecule has 7 heteroatoms. The summed E-state index contributed by atoms with van der Waals surface area (Å²) in [7, 11) is 1.48. The minimum atomic E-state index is -0.555. The van der Waals surface area contributed by atoms with E-state index in [9.17, 15) is 14.4 Å². The minimum Gasteiger partial charge on any atom is -0.496 e. The van der Waals surface area contributed by atoms with Crippen LogP contribution in [0.4, 0.5) is 0 Å². The third-order valence-corrected chi connectivity index (χ3v) is 4.43. The van der Waals surface area contributed by atoms with Gasteiger partial charge in [-0.2, -0.15) is 0 Å². The van der Waals surface area contributed by atoms with E-state index in [1.807, 2.05) is 13.8 Å². The average Bonchev–Trinajstić information content (AvgIpc) is 2.90. The summed E-state index contributed by atoms with van der Waals surface area (Å²) in [5.74, 6) is -0.613.